The zero-order chi connectivity index (χ0) is 18.4. The molecule has 1 aromatic carbocycles. The average Bonchev–Trinajstić information content (AvgIpc) is 2.54. The van der Waals surface area contributed by atoms with Crippen LogP contribution in [0.1, 0.15) is 15.9 Å². The van der Waals surface area contributed by atoms with Crippen LogP contribution in [0.4, 0.5) is 24.7 Å². The number of halogens is 3. The molecule has 5 nitrogen and oxygen atoms in total. The van der Waals surface area contributed by atoms with Crippen molar-refractivity contribution < 1.29 is 18.0 Å². The van der Waals surface area contributed by atoms with Gasteiger partial charge in [-0.05, 0) is 50.5 Å². The number of alkyl halides is 3. The second kappa shape index (κ2) is 7.98. The lowest BCUT2D eigenvalue weighted by Gasteiger charge is -2.11. The number of hydrogen-bond acceptors (Lipinski definition) is 4. The Labute approximate surface area is 143 Å². The number of nitrogens with one attached hydrogen (secondary N) is 2. The lowest BCUT2D eigenvalue weighted by atomic mass is 10.2. The maximum Gasteiger partial charge on any atom is 0.416 e. The minimum atomic E-state index is -4.37. The fourth-order valence-corrected chi connectivity index (χ4v) is 2.03. The first-order valence-electron chi connectivity index (χ1n) is 7.59. The Morgan fingerprint density at radius 3 is 2.44 bits per heavy atom. The third kappa shape index (κ3) is 5.75. The number of carbonyl (C=O) groups excluding carboxylic acids is 1. The summed E-state index contributed by atoms with van der Waals surface area (Å²) in [5.41, 5.74) is 0.147. The summed E-state index contributed by atoms with van der Waals surface area (Å²) < 4.78 is 37.7. The molecular weight excluding hydrogens is 333 g/mol. The molecule has 1 heterocycles. The van der Waals surface area contributed by atoms with Crippen molar-refractivity contribution in [2.75, 3.05) is 32.5 Å². The van der Waals surface area contributed by atoms with Crippen LogP contribution in [0.3, 0.4) is 0 Å². The van der Waals surface area contributed by atoms with Gasteiger partial charge in [-0.3, -0.25) is 4.79 Å². The molecular formula is C17H19F3N4O. The number of nitrogens with zero attached hydrogens (tertiary/aromatic N) is 2. The molecule has 2 N–H and O–H groups in total. The number of pyridine rings is 1. The first kappa shape index (κ1) is 18.7. The maximum atomic E-state index is 12.6. The van der Waals surface area contributed by atoms with Crippen molar-refractivity contribution >= 4 is 17.4 Å². The predicted octanol–water partition coefficient (Wildman–Crippen LogP) is 3.14. The van der Waals surface area contributed by atoms with Crippen molar-refractivity contribution in [3.63, 3.8) is 0 Å². The molecule has 0 saturated heterocycles. The average molecular weight is 352 g/mol. The molecule has 2 aromatic rings. The molecule has 0 unspecified atom stereocenters. The van der Waals surface area contributed by atoms with Crippen LogP contribution in [0.2, 0.25) is 0 Å². The molecule has 25 heavy (non-hydrogen) atoms. The first-order chi connectivity index (χ1) is 11.8. The van der Waals surface area contributed by atoms with Crippen molar-refractivity contribution in [2.24, 2.45) is 0 Å². The number of amides is 1. The number of benzene rings is 1. The third-order valence-corrected chi connectivity index (χ3v) is 3.35. The topological polar surface area (TPSA) is 57.3 Å². The van der Waals surface area contributed by atoms with E-state index in [9.17, 15) is 18.0 Å². The minimum Gasteiger partial charge on any atom is -0.351 e. The van der Waals surface area contributed by atoms with Gasteiger partial charge in [-0.1, -0.05) is 0 Å². The van der Waals surface area contributed by atoms with Crippen molar-refractivity contribution in [1.82, 2.24) is 15.2 Å². The van der Waals surface area contributed by atoms with Gasteiger partial charge in [-0.25, -0.2) is 4.98 Å². The van der Waals surface area contributed by atoms with Crippen LogP contribution >= 0.6 is 0 Å². The van der Waals surface area contributed by atoms with Gasteiger partial charge in [0.05, 0.1) is 5.56 Å². The van der Waals surface area contributed by atoms with Crippen molar-refractivity contribution in [3.05, 3.63) is 53.7 Å². The third-order valence-electron chi connectivity index (χ3n) is 3.35. The monoisotopic (exact) mass is 352 g/mol. The number of anilines is 2. The highest BCUT2D eigenvalue weighted by atomic mass is 19.4. The van der Waals surface area contributed by atoms with Crippen LogP contribution in [0.15, 0.2) is 42.6 Å². The lowest BCUT2D eigenvalue weighted by Crippen LogP contribution is -2.31. The summed E-state index contributed by atoms with van der Waals surface area (Å²) in [6, 6.07) is 7.72. The Morgan fingerprint density at radius 2 is 1.84 bits per heavy atom. The maximum absolute atomic E-state index is 12.6. The van der Waals surface area contributed by atoms with E-state index < -0.39 is 11.7 Å². The second-order valence-corrected chi connectivity index (χ2v) is 5.69. The fraction of sp³-hybridized carbons (Fsp3) is 0.294. The zero-order valence-electron chi connectivity index (χ0n) is 13.9. The summed E-state index contributed by atoms with van der Waals surface area (Å²) >= 11 is 0. The molecule has 1 amide bonds. The van der Waals surface area contributed by atoms with Gasteiger partial charge in [-0.2, -0.15) is 13.2 Å². The molecule has 8 heteroatoms. The van der Waals surface area contributed by atoms with Crippen LogP contribution in [-0.4, -0.2) is 43.0 Å². The second-order valence-electron chi connectivity index (χ2n) is 5.69. The van der Waals surface area contributed by atoms with Crippen molar-refractivity contribution in [2.45, 2.75) is 6.18 Å². The van der Waals surface area contributed by atoms with Gasteiger partial charge >= 0.3 is 6.18 Å². The molecule has 0 aliphatic rings. The number of carbonyl (C=O) groups is 1. The van der Waals surface area contributed by atoms with E-state index in [2.05, 4.69) is 15.6 Å². The molecule has 0 saturated carbocycles. The Kier molecular flexibility index (Phi) is 5.97. The molecule has 134 valence electrons. The normalized spacial score (nSPS) is 11.4. The fourth-order valence-electron chi connectivity index (χ4n) is 2.03. The molecule has 0 aliphatic carbocycles. The number of aromatic nitrogens is 1. The highest BCUT2D eigenvalue weighted by Crippen LogP contribution is 2.30. The largest absolute Gasteiger partial charge is 0.416 e. The highest BCUT2D eigenvalue weighted by molar-refractivity contribution is 5.94. The van der Waals surface area contributed by atoms with Crippen molar-refractivity contribution in [1.29, 1.82) is 0 Å². The van der Waals surface area contributed by atoms with Gasteiger partial charge in [0.25, 0.3) is 5.91 Å². The zero-order valence-corrected chi connectivity index (χ0v) is 13.9. The van der Waals surface area contributed by atoms with E-state index in [0.717, 1.165) is 12.1 Å². The van der Waals surface area contributed by atoms with Crippen molar-refractivity contribution in [3.8, 4) is 0 Å². The molecule has 0 bridgehead atoms. The van der Waals surface area contributed by atoms with Gasteiger partial charge in [0.2, 0.25) is 0 Å². The SMILES string of the molecule is CN(C)CCNC(=O)c1ccnc(Nc2ccc(C(F)(F)F)cc2)c1. The van der Waals surface area contributed by atoms with E-state index in [-0.39, 0.29) is 5.91 Å². The smallest absolute Gasteiger partial charge is 0.351 e. The summed E-state index contributed by atoms with van der Waals surface area (Å²) in [7, 11) is 3.81. The highest BCUT2D eigenvalue weighted by Gasteiger charge is 2.29. The van der Waals surface area contributed by atoms with Crippen LogP contribution in [0, 0.1) is 0 Å². The molecule has 0 spiro atoms. The van der Waals surface area contributed by atoms with Gasteiger partial charge in [0.1, 0.15) is 5.82 Å². The quantitative estimate of drug-likeness (QED) is 0.839. The van der Waals surface area contributed by atoms with E-state index in [4.69, 9.17) is 0 Å². The number of likely N-dealkylation sites (N-methyl/N-ethyl adjacent to an activating group) is 1. The van der Waals surface area contributed by atoms with E-state index in [0.29, 0.717) is 30.2 Å². The summed E-state index contributed by atoms with van der Waals surface area (Å²) in [6.45, 7) is 1.23. The molecule has 0 radical (unpaired) electrons. The van der Waals surface area contributed by atoms with E-state index in [1.165, 1.54) is 18.3 Å². The van der Waals surface area contributed by atoms with Crippen LogP contribution < -0.4 is 10.6 Å². The Morgan fingerprint density at radius 1 is 1.16 bits per heavy atom. The summed E-state index contributed by atoms with van der Waals surface area (Å²) in [6.07, 6.45) is -2.91. The summed E-state index contributed by atoms with van der Waals surface area (Å²) in [4.78, 5) is 18.1. The number of rotatable bonds is 6. The molecule has 0 fully saturated rings. The van der Waals surface area contributed by atoms with Gasteiger partial charge < -0.3 is 15.5 Å². The molecule has 1 aromatic heterocycles. The first-order valence-corrected chi connectivity index (χ1v) is 7.59. The summed E-state index contributed by atoms with van der Waals surface area (Å²) in [5, 5.41) is 5.67. The Bertz CT molecular complexity index is 715. The predicted molar refractivity (Wildman–Crippen MR) is 89.9 cm³/mol. The lowest BCUT2D eigenvalue weighted by molar-refractivity contribution is -0.137. The van der Waals surface area contributed by atoms with E-state index in [1.807, 2.05) is 19.0 Å². The van der Waals surface area contributed by atoms with Crippen LogP contribution in [0.5, 0.6) is 0 Å². The Balaban J connectivity index is 2.02. The minimum absolute atomic E-state index is 0.236. The molecule has 0 aliphatic heterocycles. The molecule has 2 rings (SSSR count). The van der Waals surface area contributed by atoms with E-state index in [1.54, 1.807) is 12.1 Å². The Hall–Kier alpha value is -2.61. The van der Waals surface area contributed by atoms with Gasteiger partial charge in [0, 0.05) is 30.5 Å². The summed E-state index contributed by atoms with van der Waals surface area (Å²) in [5.74, 6) is 0.139. The molecule has 0 atom stereocenters. The van der Waals surface area contributed by atoms with Crippen LogP contribution in [-0.2, 0) is 6.18 Å². The van der Waals surface area contributed by atoms with E-state index >= 15 is 0 Å². The standard InChI is InChI=1S/C17H19F3N4O/c1-24(2)10-9-22-16(25)12-7-8-21-15(11-12)23-14-5-3-13(4-6-14)17(18,19)20/h3-8,11H,9-10H2,1-2H3,(H,21,23)(H,22,25). The van der Waals surface area contributed by atoms with Gasteiger partial charge in [-0.15, -0.1) is 0 Å². The number of hydrogen-bond donors (Lipinski definition) is 2. The van der Waals surface area contributed by atoms with Crippen LogP contribution in [0.25, 0.3) is 0 Å². The van der Waals surface area contributed by atoms with Gasteiger partial charge in [0.15, 0.2) is 0 Å².